The lowest BCUT2D eigenvalue weighted by molar-refractivity contribution is 0.414. The number of benzene rings is 2. The molecule has 0 heterocycles. The zero-order chi connectivity index (χ0) is 11.7. The van der Waals surface area contributed by atoms with Crippen molar-refractivity contribution < 1.29 is 9.13 Å². The molecule has 0 aromatic heterocycles. The first kappa shape index (κ1) is 10.8. The molecule has 1 nitrogen and oxygen atoms in total. The smallest absolute Gasteiger partial charge is 0.139 e. The molecule has 0 atom stereocenters. The van der Waals surface area contributed by atoms with Crippen LogP contribution in [-0.2, 0) is 0 Å². The van der Waals surface area contributed by atoms with Crippen LogP contribution >= 0.6 is 12.6 Å². The van der Waals surface area contributed by atoms with Gasteiger partial charge in [0, 0.05) is 10.3 Å². The third-order valence-corrected chi connectivity index (χ3v) is 2.75. The van der Waals surface area contributed by atoms with Crippen LogP contribution in [0.2, 0.25) is 0 Å². The van der Waals surface area contributed by atoms with E-state index in [9.17, 15) is 4.39 Å². The molecule has 2 aromatic rings. The van der Waals surface area contributed by atoms with E-state index in [2.05, 4.69) is 18.5 Å². The number of hydrogen-bond acceptors (Lipinski definition) is 2. The number of fused-ring (bicyclic) bond motifs is 1. The molecule has 0 fully saturated rings. The minimum absolute atomic E-state index is 0.241. The number of methoxy groups -OCH3 is 1. The molecule has 0 aliphatic carbocycles. The lowest BCUT2D eigenvalue weighted by Crippen LogP contribution is -1.90. The second-order valence-corrected chi connectivity index (χ2v) is 3.79. The van der Waals surface area contributed by atoms with Crippen molar-refractivity contribution in [3.05, 3.63) is 35.6 Å². The molecule has 0 saturated carbocycles. The summed E-state index contributed by atoms with van der Waals surface area (Å²) in [5, 5.41) is 1.46. The van der Waals surface area contributed by atoms with Gasteiger partial charge in [-0.2, -0.15) is 0 Å². The van der Waals surface area contributed by atoms with Crippen molar-refractivity contribution in [3.63, 3.8) is 0 Å². The second kappa shape index (κ2) is 4.07. The number of hydrogen-bond donors (Lipinski definition) is 1. The Morgan fingerprint density at radius 2 is 2.12 bits per heavy atom. The summed E-state index contributed by atoms with van der Waals surface area (Å²) in [6.07, 6.45) is 5.30. The van der Waals surface area contributed by atoms with Crippen molar-refractivity contribution in [2.45, 2.75) is 4.90 Å². The molecule has 2 aromatic carbocycles. The monoisotopic (exact) mass is 232 g/mol. The van der Waals surface area contributed by atoms with Gasteiger partial charge in [-0.05, 0) is 23.6 Å². The molecular weight excluding hydrogens is 223 g/mol. The number of ether oxygens (including phenoxy) is 1. The minimum Gasteiger partial charge on any atom is -0.497 e. The molecule has 0 N–H and O–H groups in total. The van der Waals surface area contributed by atoms with Crippen molar-refractivity contribution in [3.8, 4) is 18.1 Å². The highest BCUT2D eigenvalue weighted by Gasteiger charge is 2.09. The first-order valence-corrected chi connectivity index (χ1v) is 5.08. The Bertz CT molecular complexity index is 599. The normalized spacial score (nSPS) is 10.1. The zero-order valence-electron chi connectivity index (χ0n) is 8.62. The molecule has 0 amide bonds. The standard InChI is InChI=1S/C13H9FOS/c1-3-10-11(14)5-4-8-6-9(15-2)7-12(16)13(8)10/h1,4-7,16H,2H3. The van der Waals surface area contributed by atoms with E-state index in [1.165, 1.54) is 6.07 Å². The lowest BCUT2D eigenvalue weighted by Gasteiger charge is -2.08. The van der Waals surface area contributed by atoms with Crippen LogP contribution in [0.5, 0.6) is 5.75 Å². The van der Waals surface area contributed by atoms with E-state index in [1.54, 1.807) is 25.3 Å². The van der Waals surface area contributed by atoms with Crippen molar-refractivity contribution in [1.29, 1.82) is 0 Å². The van der Waals surface area contributed by atoms with Gasteiger partial charge in [0.1, 0.15) is 11.6 Å². The van der Waals surface area contributed by atoms with Crippen molar-refractivity contribution in [2.75, 3.05) is 7.11 Å². The Morgan fingerprint density at radius 3 is 2.75 bits per heavy atom. The fraction of sp³-hybridized carbons (Fsp3) is 0.0769. The summed E-state index contributed by atoms with van der Waals surface area (Å²) in [6.45, 7) is 0. The second-order valence-electron chi connectivity index (χ2n) is 3.31. The molecule has 0 saturated heterocycles. The molecule has 0 aliphatic heterocycles. The molecule has 0 bridgehead atoms. The van der Waals surface area contributed by atoms with Gasteiger partial charge in [-0.3, -0.25) is 0 Å². The van der Waals surface area contributed by atoms with Crippen LogP contribution in [0.25, 0.3) is 10.8 Å². The maximum Gasteiger partial charge on any atom is 0.139 e. The maximum atomic E-state index is 13.5. The molecule has 80 valence electrons. The zero-order valence-corrected chi connectivity index (χ0v) is 9.51. The Morgan fingerprint density at radius 1 is 1.38 bits per heavy atom. The average Bonchev–Trinajstić information content (AvgIpc) is 2.29. The van der Waals surface area contributed by atoms with Gasteiger partial charge in [0.2, 0.25) is 0 Å². The highest BCUT2D eigenvalue weighted by atomic mass is 32.1. The van der Waals surface area contributed by atoms with E-state index in [1.807, 2.05) is 0 Å². The fourth-order valence-electron chi connectivity index (χ4n) is 1.65. The van der Waals surface area contributed by atoms with Crippen LogP contribution < -0.4 is 4.74 Å². The molecule has 16 heavy (non-hydrogen) atoms. The van der Waals surface area contributed by atoms with E-state index < -0.39 is 5.82 Å². The third-order valence-electron chi connectivity index (χ3n) is 2.40. The summed E-state index contributed by atoms with van der Waals surface area (Å²) < 4.78 is 18.6. The summed E-state index contributed by atoms with van der Waals surface area (Å²) in [5.41, 5.74) is 0.241. The number of halogens is 1. The van der Waals surface area contributed by atoms with Gasteiger partial charge in [-0.25, -0.2) is 4.39 Å². The Hall–Kier alpha value is -1.66. The van der Waals surface area contributed by atoms with Gasteiger partial charge in [-0.1, -0.05) is 12.0 Å². The highest BCUT2D eigenvalue weighted by molar-refractivity contribution is 7.80. The summed E-state index contributed by atoms with van der Waals surface area (Å²) in [4.78, 5) is 0.613. The van der Waals surface area contributed by atoms with Crippen molar-refractivity contribution >= 4 is 23.4 Å². The first-order valence-electron chi connectivity index (χ1n) is 4.63. The fourth-order valence-corrected chi connectivity index (χ4v) is 2.02. The quantitative estimate of drug-likeness (QED) is 0.586. The van der Waals surface area contributed by atoms with Gasteiger partial charge >= 0.3 is 0 Å². The summed E-state index contributed by atoms with van der Waals surface area (Å²) in [5.74, 6) is 2.62. The molecule has 0 spiro atoms. The predicted octanol–water partition coefficient (Wildman–Crippen LogP) is 3.26. The van der Waals surface area contributed by atoms with Gasteiger partial charge < -0.3 is 4.74 Å². The van der Waals surface area contributed by atoms with Gasteiger partial charge in [-0.15, -0.1) is 19.1 Å². The number of thiol groups is 1. The Kier molecular flexibility index (Phi) is 2.76. The third kappa shape index (κ3) is 1.62. The van der Waals surface area contributed by atoms with Crippen molar-refractivity contribution in [2.24, 2.45) is 0 Å². The maximum absolute atomic E-state index is 13.5. The first-order chi connectivity index (χ1) is 7.67. The summed E-state index contributed by atoms with van der Waals surface area (Å²) in [7, 11) is 1.57. The van der Waals surface area contributed by atoms with E-state index in [-0.39, 0.29) is 5.56 Å². The van der Waals surface area contributed by atoms with Crippen LogP contribution in [0.15, 0.2) is 29.2 Å². The molecule has 0 unspecified atom stereocenters. The molecule has 3 heteroatoms. The van der Waals surface area contributed by atoms with Gasteiger partial charge in [0.25, 0.3) is 0 Å². The van der Waals surface area contributed by atoms with E-state index >= 15 is 0 Å². The van der Waals surface area contributed by atoms with Gasteiger partial charge in [0.05, 0.1) is 12.7 Å². The van der Waals surface area contributed by atoms with Crippen molar-refractivity contribution in [1.82, 2.24) is 0 Å². The van der Waals surface area contributed by atoms with Crippen LogP contribution in [0.1, 0.15) is 5.56 Å². The predicted molar refractivity (Wildman–Crippen MR) is 65.6 cm³/mol. The molecule has 0 radical (unpaired) electrons. The average molecular weight is 232 g/mol. The SMILES string of the molecule is C#Cc1c(F)ccc2cc(OC)cc(S)c12. The van der Waals surface area contributed by atoms with Crippen LogP contribution in [0, 0.1) is 18.2 Å². The molecule has 2 rings (SSSR count). The molecular formula is C13H9FOS. The molecule has 0 aliphatic rings. The van der Waals surface area contributed by atoms with Crippen LogP contribution in [0.4, 0.5) is 4.39 Å². The summed E-state index contributed by atoms with van der Waals surface area (Å²) in [6, 6.07) is 6.53. The number of rotatable bonds is 1. The van der Waals surface area contributed by atoms with Crippen LogP contribution in [-0.4, -0.2) is 7.11 Å². The van der Waals surface area contributed by atoms with E-state index in [4.69, 9.17) is 11.2 Å². The number of terminal acetylenes is 1. The topological polar surface area (TPSA) is 9.23 Å². The van der Waals surface area contributed by atoms with E-state index in [0.717, 1.165) is 5.39 Å². The Balaban J connectivity index is 2.90. The van der Waals surface area contributed by atoms with Crippen LogP contribution in [0.3, 0.4) is 0 Å². The largest absolute Gasteiger partial charge is 0.497 e. The highest BCUT2D eigenvalue weighted by Crippen LogP contribution is 2.31. The minimum atomic E-state index is -0.407. The van der Waals surface area contributed by atoms with E-state index in [0.29, 0.717) is 16.0 Å². The summed E-state index contributed by atoms with van der Waals surface area (Å²) >= 11 is 4.30. The lowest BCUT2D eigenvalue weighted by atomic mass is 10.0. The Labute approximate surface area is 98.6 Å². The van der Waals surface area contributed by atoms with Gasteiger partial charge in [0.15, 0.2) is 0 Å².